The smallest absolute Gasteiger partial charge is 0.284 e. The average Bonchev–Trinajstić information content (AvgIpc) is 3.26. The first-order valence-corrected chi connectivity index (χ1v) is 8.51. The molecule has 3 rings (SSSR count). The topological polar surface area (TPSA) is 90.4 Å². The maximum absolute atomic E-state index is 12.4. The van der Waals surface area contributed by atoms with Gasteiger partial charge in [-0.2, -0.15) is 0 Å². The second kappa shape index (κ2) is 7.62. The second-order valence-corrected chi connectivity index (χ2v) is 6.67. The van der Waals surface area contributed by atoms with E-state index in [1.54, 1.807) is 37.3 Å². The molecule has 1 aromatic carbocycles. The Labute approximate surface area is 152 Å². The number of nitrogens with zero attached hydrogens (tertiary/aromatic N) is 2. The number of ether oxygens (including phenoxy) is 1. The summed E-state index contributed by atoms with van der Waals surface area (Å²) in [6, 6.07) is 8.42. The number of hydrogen-bond acceptors (Lipinski definition) is 7. The van der Waals surface area contributed by atoms with E-state index in [2.05, 4.69) is 15.5 Å². The molecule has 130 valence electrons. The van der Waals surface area contributed by atoms with Gasteiger partial charge in [0.25, 0.3) is 11.1 Å². The van der Waals surface area contributed by atoms with Crippen LogP contribution in [0.1, 0.15) is 6.92 Å². The highest BCUT2D eigenvalue weighted by Crippen LogP contribution is 2.30. The number of hydrogen-bond donors (Lipinski definition) is 1. The number of anilines is 1. The number of nitrogens with one attached hydrogen (secondary N) is 1. The number of benzene rings is 1. The predicted octanol–water partition coefficient (Wildman–Crippen LogP) is 4.11. The van der Waals surface area contributed by atoms with Crippen molar-refractivity contribution >= 4 is 35.0 Å². The van der Waals surface area contributed by atoms with Gasteiger partial charge in [-0.3, -0.25) is 4.79 Å². The van der Waals surface area contributed by atoms with E-state index in [1.807, 2.05) is 0 Å². The lowest BCUT2D eigenvalue weighted by Crippen LogP contribution is -2.22. The Bertz CT molecular complexity index is 866. The second-order valence-electron chi connectivity index (χ2n) is 4.94. The van der Waals surface area contributed by atoms with Gasteiger partial charge < -0.3 is 18.9 Å². The molecule has 3 aromatic rings. The molecule has 0 radical (unpaired) electrons. The summed E-state index contributed by atoms with van der Waals surface area (Å²) in [6.45, 7) is 1.73. The first kappa shape index (κ1) is 17.4. The molecule has 1 N–H and O–H groups in total. The number of thioether (sulfide) groups is 1. The van der Waals surface area contributed by atoms with E-state index in [9.17, 15) is 4.79 Å². The van der Waals surface area contributed by atoms with Crippen molar-refractivity contribution in [2.45, 2.75) is 17.4 Å². The van der Waals surface area contributed by atoms with Crippen molar-refractivity contribution in [3.8, 4) is 17.4 Å². The molecule has 0 saturated heterocycles. The molecule has 2 aromatic heterocycles. The third kappa shape index (κ3) is 4.15. The molecule has 0 saturated carbocycles. The van der Waals surface area contributed by atoms with Crippen LogP contribution in [0.25, 0.3) is 11.7 Å². The van der Waals surface area contributed by atoms with Gasteiger partial charge in [-0.15, -0.1) is 10.2 Å². The number of halogens is 1. The van der Waals surface area contributed by atoms with Crippen LogP contribution in [0.15, 0.2) is 50.7 Å². The van der Waals surface area contributed by atoms with E-state index >= 15 is 0 Å². The van der Waals surface area contributed by atoms with Gasteiger partial charge in [0.2, 0.25) is 5.91 Å². The van der Waals surface area contributed by atoms with E-state index < -0.39 is 5.25 Å². The fourth-order valence-corrected chi connectivity index (χ4v) is 2.83. The molecule has 1 atom stereocenters. The fraction of sp³-hybridized carbons (Fsp3) is 0.188. The molecular weight excluding hydrogens is 366 g/mol. The van der Waals surface area contributed by atoms with E-state index in [-0.39, 0.29) is 17.0 Å². The average molecular weight is 380 g/mol. The van der Waals surface area contributed by atoms with Crippen LogP contribution in [-0.4, -0.2) is 28.5 Å². The van der Waals surface area contributed by atoms with Gasteiger partial charge in [-0.1, -0.05) is 23.4 Å². The molecule has 2 heterocycles. The highest BCUT2D eigenvalue weighted by atomic mass is 35.5. The zero-order valence-corrected chi connectivity index (χ0v) is 14.9. The van der Waals surface area contributed by atoms with E-state index in [0.717, 1.165) is 11.8 Å². The summed E-state index contributed by atoms with van der Waals surface area (Å²) in [5.41, 5.74) is 0.495. The number of rotatable bonds is 6. The highest BCUT2D eigenvalue weighted by Gasteiger charge is 2.20. The molecule has 1 amide bonds. The summed E-state index contributed by atoms with van der Waals surface area (Å²) in [6.07, 6.45) is 1.51. The van der Waals surface area contributed by atoms with E-state index in [4.69, 9.17) is 25.2 Å². The van der Waals surface area contributed by atoms with Gasteiger partial charge >= 0.3 is 0 Å². The van der Waals surface area contributed by atoms with E-state index in [1.165, 1.54) is 13.4 Å². The summed E-state index contributed by atoms with van der Waals surface area (Å²) in [5.74, 6) is 1.01. The zero-order chi connectivity index (χ0) is 17.8. The van der Waals surface area contributed by atoms with Crippen LogP contribution in [0.4, 0.5) is 5.69 Å². The van der Waals surface area contributed by atoms with Crippen LogP contribution in [0.2, 0.25) is 5.02 Å². The fourth-order valence-electron chi connectivity index (χ4n) is 1.97. The molecular formula is C16H14ClN3O4S. The maximum atomic E-state index is 12.4. The van der Waals surface area contributed by atoms with Crippen LogP contribution in [0.3, 0.4) is 0 Å². The lowest BCUT2D eigenvalue weighted by molar-refractivity contribution is -0.115. The monoisotopic (exact) mass is 379 g/mol. The number of carbonyl (C=O) groups is 1. The van der Waals surface area contributed by atoms with Crippen molar-refractivity contribution in [3.05, 3.63) is 41.6 Å². The Morgan fingerprint density at radius 2 is 2.20 bits per heavy atom. The highest BCUT2D eigenvalue weighted by molar-refractivity contribution is 8.00. The molecule has 9 heteroatoms. The van der Waals surface area contributed by atoms with Gasteiger partial charge in [0.1, 0.15) is 5.75 Å². The Hall–Kier alpha value is -2.45. The first-order chi connectivity index (χ1) is 12.1. The van der Waals surface area contributed by atoms with Gasteiger partial charge in [0.05, 0.1) is 24.3 Å². The third-order valence-corrected chi connectivity index (χ3v) is 4.37. The molecule has 0 unspecified atom stereocenters. The number of methoxy groups -OCH3 is 1. The molecule has 0 fully saturated rings. The van der Waals surface area contributed by atoms with Gasteiger partial charge in [-0.05, 0) is 37.3 Å². The van der Waals surface area contributed by atoms with Gasteiger partial charge in [-0.25, -0.2) is 0 Å². The molecule has 0 bridgehead atoms. The van der Waals surface area contributed by atoms with Gasteiger partial charge in [0.15, 0.2) is 5.76 Å². The van der Waals surface area contributed by atoms with Crippen LogP contribution < -0.4 is 10.1 Å². The summed E-state index contributed by atoms with van der Waals surface area (Å²) >= 11 is 7.10. The van der Waals surface area contributed by atoms with Crippen molar-refractivity contribution in [2.75, 3.05) is 12.4 Å². The van der Waals surface area contributed by atoms with Crippen LogP contribution in [-0.2, 0) is 4.79 Å². The summed E-state index contributed by atoms with van der Waals surface area (Å²) in [4.78, 5) is 12.4. The van der Waals surface area contributed by atoms with Crippen molar-refractivity contribution < 1.29 is 18.4 Å². The normalized spacial score (nSPS) is 12.0. The number of furan rings is 1. The number of carbonyl (C=O) groups excluding carboxylic acids is 1. The van der Waals surface area contributed by atoms with Crippen molar-refractivity contribution in [1.82, 2.24) is 10.2 Å². The Balaban J connectivity index is 1.66. The number of aromatic nitrogens is 2. The van der Waals surface area contributed by atoms with Crippen LogP contribution in [0, 0.1) is 0 Å². The Kier molecular flexibility index (Phi) is 5.30. The van der Waals surface area contributed by atoms with Crippen molar-refractivity contribution in [2.24, 2.45) is 0 Å². The minimum absolute atomic E-state index is 0.247. The predicted molar refractivity (Wildman–Crippen MR) is 94.0 cm³/mol. The zero-order valence-electron chi connectivity index (χ0n) is 13.4. The lowest BCUT2D eigenvalue weighted by atomic mass is 10.3. The van der Waals surface area contributed by atoms with Crippen molar-refractivity contribution in [3.63, 3.8) is 0 Å². The first-order valence-electron chi connectivity index (χ1n) is 7.25. The van der Waals surface area contributed by atoms with E-state index in [0.29, 0.717) is 22.2 Å². The standard InChI is InChI=1S/C16H14ClN3O4S/c1-9(14(21)18-11-8-10(17)5-6-12(11)22-2)25-16-20-19-15(24-16)13-4-3-7-23-13/h3-9H,1-2H3,(H,18,21)/t9-/m1/s1. The molecule has 0 aliphatic rings. The molecule has 25 heavy (non-hydrogen) atoms. The Morgan fingerprint density at radius 1 is 1.36 bits per heavy atom. The number of amides is 1. The van der Waals surface area contributed by atoms with Crippen molar-refractivity contribution in [1.29, 1.82) is 0 Å². The molecule has 0 aliphatic heterocycles. The van der Waals surface area contributed by atoms with Crippen LogP contribution in [0.5, 0.6) is 5.75 Å². The summed E-state index contributed by atoms with van der Waals surface area (Å²) in [7, 11) is 1.52. The minimum Gasteiger partial charge on any atom is -0.495 e. The molecule has 0 aliphatic carbocycles. The largest absolute Gasteiger partial charge is 0.495 e. The lowest BCUT2D eigenvalue weighted by Gasteiger charge is -2.13. The molecule has 0 spiro atoms. The minimum atomic E-state index is -0.478. The summed E-state index contributed by atoms with van der Waals surface area (Å²) in [5, 5.41) is 10.9. The molecule has 7 nitrogen and oxygen atoms in total. The summed E-state index contributed by atoms with van der Waals surface area (Å²) < 4.78 is 15.9. The maximum Gasteiger partial charge on any atom is 0.284 e. The Morgan fingerprint density at radius 3 is 2.92 bits per heavy atom. The van der Waals surface area contributed by atoms with Gasteiger partial charge in [0, 0.05) is 5.02 Å². The quantitative estimate of drug-likeness (QED) is 0.644. The van der Waals surface area contributed by atoms with Crippen LogP contribution >= 0.6 is 23.4 Å². The SMILES string of the molecule is COc1ccc(Cl)cc1NC(=O)[C@@H](C)Sc1nnc(-c2ccco2)o1. The third-order valence-electron chi connectivity index (χ3n) is 3.20.